The number of nitrogens with two attached hydrogens (primary N) is 1. The van der Waals surface area contributed by atoms with Gasteiger partial charge in [0.05, 0.1) is 11.3 Å². The normalized spacial score (nSPS) is 16.8. The highest BCUT2D eigenvalue weighted by Gasteiger charge is 2.24. The smallest absolute Gasteiger partial charge is 0.151 e. The molecule has 1 rings (SSSR count). The van der Waals surface area contributed by atoms with Gasteiger partial charge in [-0.3, -0.25) is 0 Å². The van der Waals surface area contributed by atoms with Crippen molar-refractivity contribution >= 4 is 21.2 Å². The molecule has 13 heavy (non-hydrogen) atoms. The van der Waals surface area contributed by atoms with Gasteiger partial charge >= 0.3 is 0 Å². The second-order valence-corrected chi connectivity index (χ2v) is 6.46. The third-order valence-corrected chi connectivity index (χ3v) is 4.67. The van der Waals surface area contributed by atoms with Crippen molar-refractivity contribution in [3.8, 4) is 0 Å². The van der Waals surface area contributed by atoms with E-state index in [1.807, 2.05) is 17.5 Å². The van der Waals surface area contributed by atoms with Crippen LogP contribution in [0.4, 0.5) is 0 Å². The molecule has 0 aliphatic heterocycles. The van der Waals surface area contributed by atoms with Gasteiger partial charge in [-0.25, -0.2) is 8.42 Å². The minimum absolute atomic E-state index is 0.407. The first-order valence-electron chi connectivity index (χ1n) is 3.91. The van der Waals surface area contributed by atoms with E-state index in [-0.39, 0.29) is 0 Å². The lowest BCUT2D eigenvalue weighted by Crippen LogP contribution is -2.29. The highest BCUT2D eigenvalue weighted by atomic mass is 32.2. The van der Waals surface area contributed by atoms with Gasteiger partial charge in [-0.2, -0.15) is 0 Å². The van der Waals surface area contributed by atoms with Gasteiger partial charge in [0.15, 0.2) is 9.84 Å². The van der Waals surface area contributed by atoms with Crippen LogP contribution in [0.25, 0.3) is 0 Å². The summed E-state index contributed by atoms with van der Waals surface area (Å²) in [7, 11) is -3.05. The molecule has 74 valence electrons. The monoisotopic (exact) mass is 219 g/mol. The molecule has 2 N–H and O–H groups in total. The highest BCUT2D eigenvalue weighted by molar-refractivity contribution is 7.91. The third kappa shape index (κ3) is 2.52. The van der Waals surface area contributed by atoms with Crippen LogP contribution in [0.3, 0.4) is 0 Å². The van der Waals surface area contributed by atoms with Crippen molar-refractivity contribution in [2.24, 2.45) is 5.73 Å². The van der Waals surface area contributed by atoms with Crippen LogP contribution < -0.4 is 5.73 Å². The summed E-state index contributed by atoms with van der Waals surface area (Å²) in [5.74, 6) is 0. The lowest BCUT2D eigenvalue weighted by Gasteiger charge is -2.16. The molecule has 0 saturated carbocycles. The Labute approximate surface area is 82.5 Å². The molecule has 2 unspecified atom stereocenters. The molecule has 0 aliphatic rings. The van der Waals surface area contributed by atoms with Crippen molar-refractivity contribution < 1.29 is 8.42 Å². The maximum absolute atomic E-state index is 11.2. The van der Waals surface area contributed by atoms with Crippen molar-refractivity contribution in [1.29, 1.82) is 0 Å². The van der Waals surface area contributed by atoms with Gasteiger partial charge in [0.2, 0.25) is 0 Å². The summed E-state index contributed by atoms with van der Waals surface area (Å²) in [6.07, 6.45) is 1.21. The average Bonchev–Trinajstić information content (AvgIpc) is 2.51. The van der Waals surface area contributed by atoms with Gasteiger partial charge in [-0.05, 0) is 18.4 Å². The summed E-state index contributed by atoms with van der Waals surface area (Å²) in [5.41, 5.74) is 5.80. The fourth-order valence-electron chi connectivity index (χ4n) is 0.979. The van der Waals surface area contributed by atoms with Crippen LogP contribution in [0.2, 0.25) is 0 Å². The second kappa shape index (κ2) is 3.77. The van der Waals surface area contributed by atoms with Crippen molar-refractivity contribution in [3.63, 3.8) is 0 Å². The summed E-state index contributed by atoms with van der Waals surface area (Å²) >= 11 is 1.49. The van der Waals surface area contributed by atoms with Crippen LogP contribution in [-0.4, -0.2) is 19.9 Å². The van der Waals surface area contributed by atoms with Crippen molar-refractivity contribution in [2.45, 2.75) is 18.2 Å². The number of sulfone groups is 1. The molecule has 5 heteroatoms. The Hall–Kier alpha value is -0.390. The summed E-state index contributed by atoms with van der Waals surface area (Å²) in [6.45, 7) is 1.64. The third-order valence-electron chi connectivity index (χ3n) is 2.05. The number of hydrogen-bond acceptors (Lipinski definition) is 4. The van der Waals surface area contributed by atoms with E-state index in [1.54, 1.807) is 6.92 Å². The summed E-state index contributed by atoms with van der Waals surface area (Å²) in [4.78, 5) is 0.915. The molecule has 3 nitrogen and oxygen atoms in total. The largest absolute Gasteiger partial charge is 0.322 e. The number of hydrogen-bond donors (Lipinski definition) is 1. The van der Waals surface area contributed by atoms with Crippen molar-refractivity contribution in [1.82, 2.24) is 0 Å². The van der Waals surface area contributed by atoms with Crippen LogP contribution in [0.1, 0.15) is 17.8 Å². The Balaban J connectivity index is 2.86. The zero-order valence-electron chi connectivity index (χ0n) is 7.60. The van der Waals surface area contributed by atoms with Crippen molar-refractivity contribution in [3.05, 3.63) is 22.4 Å². The Bertz CT molecular complexity index is 356. The van der Waals surface area contributed by atoms with E-state index in [1.165, 1.54) is 17.6 Å². The van der Waals surface area contributed by atoms with Crippen LogP contribution in [0.15, 0.2) is 17.5 Å². The minimum Gasteiger partial charge on any atom is -0.322 e. The summed E-state index contributed by atoms with van der Waals surface area (Å²) in [6, 6.07) is 3.32. The van der Waals surface area contributed by atoms with E-state index >= 15 is 0 Å². The summed E-state index contributed by atoms with van der Waals surface area (Å²) < 4.78 is 22.4. The molecular weight excluding hydrogens is 206 g/mol. The quantitative estimate of drug-likeness (QED) is 0.830. The number of thiophene rings is 1. The molecule has 0 saturated heterocycles. The van der Waals surface area contributed by atoms with Crippen LogP contribution in [-0.2, 0) is 9.84 Å². The molecule has 0 bridgehead atoms. The van der Waals surface area contributed by atoms with E-state index in [0.717, 1.165) is 4.88 Å². The van der Waals surface area contributed by atoms with Gasteiger partial charge in [-0.1, -0.05) is 6.07 Å². The Kier molecular flexibility index (Phi) is 3.10. The van der Waals surface area contributed by atoms with Crippen LogP contribution in [0.5, 0.6) is 0 Å². The molecule has 0 aromatic carbocycles. The standard InChI is InChI=1S/C8H13NO2S2/c1-6(13(2,10)11)8(9)7-4-3-5-12-7/h3-6,8H,9H2,1-2H3. The molecule has 0 fully saturated rings. The Morgan fingerprint density at radius 3 is 2.54 bits per heavy atom. The zero-order chi connectivity index (χ0) is 10.1. The lowest BCUT2D eigenvalue weighted by atomic mass is 10.2. The topological polar surface area (TPSA) is 60.2 Å². The van der Waals surface area contributed by atoms with E-state index in [2.05, 4.69) is 0 Å². The maximum atomic E-state index is 11.2. The first kappa shape index (κ1) is 10.7. The van der Waals surface area contributed by atoms with Gasteiger partial charge in [0, 0.05) is 11.1 Å². The molecule has 0 radical (unpaired) electrons. The van der Waals surface area contributed by atoms with Crippen LogP contribution in [0, 0.1) is 0 Å². The first-order chi connectivity index (χ1) is 5.93. The van der Waals surface area contributed by atoms with Crippen LogP contribution >= 0.6 is 11.3 Å². The van der Waals surface area contributed by atoms with Gasteiger partial charge < -0.3 is 5.73 Å². The molecular formula is C8H13NO2S2. The molecule has 2 atom stereocenters. The van der Waals surface area contributed by atoms with E-state index in [4.69, 9.17) is 5.73 Å². The Morgan fingerprint density at radius 1 is 1.54 bits per heavy atom. The van der Waals surface area contributed by atoms with Gasteiger partial charge in [0.25, 0.3) is 0 Å². The molecule has 1 heterocycles. The lowest BCUT2D eigenvalue weighted by molar-refractivity contribution is 0.572. The molecule has 0 aliphatic carbocycles. The summed E-state index contributed by atoms with van der Waals surface area (Å²) in [5, 5.41) is 1.37. The van der Waals surface area contributed by atoms with E-state index in [9.17, 15) is 8.42 Å². The minimum atomic E-state index is -3.05. The molecule has 0 spiro atoms. The predicted octanol–water partition coefficient (Wildman–Crippen LogP) is 1.18. The van der Waals surface area contributed by atoms with Crippen molar-refractivity contribution in [2.75, 3.05) is 6.26 Å². The highest BCUT2D eigenvalue weighted by Crippen LogP contribution is 2.22. The second-order valence-electron chi connectivity index (χ2n) is 3.08. The zero-order valence-corrected chi connectivity index (χ0v) is 9.23. The predicted molar refractivity (Wildman–Crippen MR) is 55.6 cm³/mol. The first-order valence-corrected chi connectivity index (χ1v) is 6.74. The average molecular weight is 219 g/mol. The van der Waals surface area contributed by atoms with Gasteiger partial charge in [0.1, 0.15) is 0 Å². The molecule has 1 aromatic heterocycles. The molecule has 0 amide bonds. The van der Waals surface area contributed by atoms with Gasteiger partial charge in [-0.15, -0.1) is 11.3 Å². The maximum Gasteiger partial charge on any atom is 0.151 e. The molecule has 1 aromatic rings. The van der Waals surface area contributed by atoms with E-state index < -0.39 is 21.1 Å². The SMILES string of the molecule is CC(C(N)c1cccs1)S(C)(=O)=O. The Morgan fingerprint density at radius 2 is 2.15 bits per heavy atom. The van der Waals surface area contributed by atoms with E-state index in [0.29, 0.717) is 0 Å². The number of rotatable bonds is 3. The fourth-order valence-corrected chi connectivity index (χ4v) is 2.58. The fraction of sp³-hybridized carbons (Fsp3) is 0.500.